The molecule has 0 aliphatic carbocycles. The lowest BCUT2D eigenvalue weighted by Gasteiger charge is -2.11. The Kier molecular flexibility index (Phi) is 8.37. The highest BCUT2D eigenvalue weighted by Crippen LogP contribution is 2.18. The number of carbonyl (C=O) groups is 3. The molecule has 0 saturated heterocycles. The summed E-state index contributed by atoms with van der Waals surface area (Å²) >= 11 is 5.75. The number of halogens is 1. The number of nitrogens with zero attached hydrogens (tertiary/aromatic N) is 1. The highest BCUT2D eigenvalue weighted by atomic mass is 35.5. The predicted octanol–water partition coefficient (Wildman–Crippen LogP) is 4.11. The Bertz CT molecular complexity index is 1120. The first kappa shape index (κ1) is 23.7. The van der Waals surface area contributed by atoms with Gasteiger partial charge in [-0.3, -0.25) is 9.59 Å². The first-order chi connectivity index (χ1) is 15.9. The number of aryl methyl sites for hydroxylation is 1. The molecule has 170 valence electrons. The van der Waals surface area contributed by atoms with E-state index in [1.807, 2.05) is 24.3 Å². The van der Waals surface area contributed by atoms with Gasteiger partial charge < -0.3 is 20.1 Å². The first-order valence-electron chi connectivity index (χ1n) is 10.0. The summed E-state index contributed by atoms with van der Waals surface area (Å²) in [5.41, 5.74) is 1.44. The van der Waals surface area contributed by atoms with E-state index in [9.17, 15) is 14.4 Å². The minimum atomic E-state index is -0.736. The number of pyridine rings is 1. The van der Waals surface area contributed by atoms with Gasteiger partial charge in [0.1, 0.15) is 11.6 Å². The third kappa shape index (κ3) is 7.33. The van der Waals surface area contributed by atoms with Gasteiger partial charge in [-0.2, -0.15) is 0 Å². The van der Waals surface area contributed by atoms with Crippen molar-refractivity contribution in [1.29, 1.82) is 0 Å². The van der Waals surface area contributed by atoms with Crippen molar-refractivity contribution in [3.63, 3.8) is 0 Å². The van der Waals surface area contributed by atoms with Gasteiger partial charge in [0, 0.05) is 12.6 Å². The van der Waals surface area contributed by atoms with Gasteiger partial charge in [0.05, 0.1) is 23.4 Å². The van der Waals surface area contributed by atoms with E-state index in [-0.39, 0.29) is 23.7 Å². The molecule has 0 fully saturated rings. The fourth-order valence-electron chi connectivity index (χ4n) is 2.87. The summed E-state index contributed by atoms with van der Waals surface area (Å²) < 4.78 is 10.2. The minimum Gasteiger partial charge on any atom is -0.497 e. The van der Waals surface area contributed by atoms with Gasteiger partial charge >= 0.3 is 5.97 Å². The van der Waals surface area contributed by atoms with E-state index in [1.54, 1.807) is 31.4 Å². The van der Waals surface area contributed by atoms with Crippen LogP contribution in [0.4, 0.5) is 11.5 Å². The third-order valence-corrected chi connectivity index (χ3v) is 4.77. The number of hydrogen-bond acceptors (Lipinski definition) is 6. The molecule has 3 rings (SSSR count). The molecular formula is C24H22ClN3O5. The Morgan fingerprint density at radius 1 is 0.939 bits per heavy atom. The number of methoxy groups -OCH3 is 1. The maximum atomic E-state index is 12.5. The van der Waals surface area contributed by atoms with Gasteiger partial charge in [0.15, 0.2) is 6.61 Å². The van der Waals surface area contributed by atoms with Crippen molar-refractivity contribution < 1.29 is 23.9 Å². The Morgan fingerprint density at radius 2 is 1.70 bits per heavy atom. The van der Waals surface area contributed by atoms with E-state index in [0.29, 0.717) is 17.1 Å². The smallest absolute Gasteiger partial charge is 0.340 e. The second-order valence-electron chi connectivity index (χ2n) is 6.93. The SMILES string of the molecule is COc1ccc(CCC(=O)Nc2ccccc2C(=O)OCC(=O)Nc2ccc(Cl)cn2)cc1. The molecule has 0 radical (unpaired) electrons. The van der Waals surface area contributed by atoms with Crippen molar-refractivity contribution in [2.24, 2.45) is 0 Å². The fraction of sp³-hybridized carbons (Fsp3) is 0.167. The average molecular weight is 468 g/mol. The Balaban J connectivity index is 1.52. The number of para-hydroxylation sites is 1. The van der Waals surface area contributed by atoms with Crippen molar-refractivity contribution in [2.75, 3.05) is 24.4 Å². The molecule has 2 N–H and O–H groups in total. The molecule has 0 aliphatic heterocycles. The highest BCUT2D eigenvalue weighted by molar-refractivity contribution is 6.30. The number of aromatic nitrogens is 1. The van der Waals surface area contributed by atoms with Gasteiger partial charge in [-0.15, -0.1) is 0 Å². The molecule has 0 atom stereocenters. The molecular weight excluding hydrogens is 446 g/mol. The summed E-state index contributed by atoms with van der Waals surface area (Å²) in [6.45, 7) is -0.511. The molecule has 0 spiro atoms. The second-order valence-corrected chi connectivity index (χ2v) is 7.36. The molecule has 0 unspecified atom stereocenters. The maximum Gasteiger partial charge on any atom is 0.340 e. The van der Waals surface area contributed by atoms with Crippen molar-refractivity contribution in [2.45, 2.75) is 12.8 Å². The van der Waals surface area contributed by atoms with Crippen molar-refractivity contribution >= 4 is 40.9 Å². The number of nitrogens with one attached hydrogen (secondary N) is 2. The van der Waals surface area contributed by atoms with Gasteiger partial charge in [0.25, 0.3) is 5.91 Å². The predicted molar refractivity (Wildman–Crippen MR) is 125 cm³/mol. The van der Waals surface area contributed by atoms with E-state index in [2.05, 4.69) is 15.6 Å². The van der Waals surface area contributed by atoms with Crippen LogP contribution >= 0.6 is 11.6 Å². The lowest BCUT2D eigenvalue weighted by atomic mass is 10.1. The average Bonchev–Trinajstić information content (AvgIpc) is 2.83. The Morgan fingerprint density at radius 3 is 2.39 bits per heavy atom. The number of hydrogen-bond donors (Lipinski definition) is 2. The molecule has 0 aliphatic rings. The van der Waals surface area contributed by atoms with Gasteiger partial charge in [0.2, 0.25) is 5.91 Å². The van der Waals surface area contributed by atoms with Crippen LogP contribution in [0.3, 0.4) is 0 Å². The van der Waals surface area contributed by atoms with Gasteiger partial charge in [-0.25, -0.2) is 9.78 Å². The fourth-order valence-corrected chi connectivity index (χ4v) is 2.98. The van der Waals surface area contributed by atoms with Crippen LogP contribution in [0.15, 0.2) is 66.9 Å². The van der Waals surface area contributed by atoms with E-state index in [1.165, 1.54) is 18.3 Å². The van der Waals surface area contributed by atoms with Crippen molar-refractivity contribution in [3.05, 3.63) is 83.0 Å². The number of rotatable bonds is 9. The largest absolute Gasteiger partial charge is 0.497 e. The van der Waals surface area contributed by atoms with Crippen LogP contribution in [0, 0.1) is 0 Å². The second kappa shape index (κ2) is 11.6. The molecule has 33 heavy (non-hydrogen) atoms. The monoisotopic (exact) mass is 467 g/mol. The summed E-state index contributed by atoms with van der Waals surface area (Å²) in [5.74, 6) is -0.518. The van der Waals surface area contributed by atoms with E-state index < -0.39 is 18.5 Å². The summed E-state index contributed by atoms with van der Waals surface area (Å²) in [4.78, 5) is 40.9. The molecule has 3 aromatic rings. The zero-order valence-corrected chi connectivity index (χ0v) is 18.6. The zero-order valence-electron chi connectivity index (χ0n) is 17.8. The molecule has 0 bridgehead atoms. The van der Waals surface area contributed by atoms with Crippen LogP contribution < -0.4 is 15.4 Å². The van der Waals surface area contributed by atoms with Crippen LogP contribution in [-0.2, 0) is 20.7 Å². The highest BCUT2D eigenvalue weighted by Gasteiger charge is 2.16. The third-order valence-electron chi connectivity index (χ3n) is 4.55. The quantitative estimate of drug-likeness (QED) is 0.459. The lowest BCUT2D eigenvalue weighted by molar-refractivity contribution is -0.119. The number of carbonyl (C=O) groups excluding carboxylic acids is 3. The van der Waals surface area contributed by atoms with E-state index in [0.717, 1.165) is 11.3 Å². The molecule has 2 aromatic carbocycles. The lowest BCUT2D eigenvalue weighted by Crippen LogP contribution is -2.22. The summed E-state index contributed by atoms with van der Waals surface area (Å²) in [5, 5.41) is 5.66. The van der Waals surface area contributed by atoms with E-state index >= 15 is 0 Å². The first-order valence-corrected chi connectivity index (χ1v) is 10.4. The van der Waals surface area contributed by atoms with Crippen LogP contribution in [0.2, 0.25) is 5.02 Å². The number of benzene rings is 2. The number of anilines is 2. The molecule has 9 heteroatoms. The number of esters is 1. The normalized spacial score (nSPS) is 10.2. The van der Waals surface area contributed by atoms with Crippen molar-refractivity contribution in [1.82, 2.24) is 4.98 Å². The molecule has 1 aromatic heterocycles. The summed E-state index contributed by atoms with van der Waals surface area (Å²) in [7, 11) is 1.59. The van der Waals surface area contributed by atoms with Crippen LogP contribution in [-0.4, -0.2) is 36.5 Å². The zero-order chi connectivity index (χ0) is 23.6. The molecule has 8 nitrogen and oxygen atoms in total. The minimum absolute atomic E-state index is 0.146. The Hall–Kier alpha value is -3.91. The summed E-state index contributed by atoms with van der Waals surface area (Å²) in [6.07, 6.45) is 2.14. The van der Waals surface area contributed by atoms with E-state index in [4.69, 9.17) is 21.1 Å². The standard InChI is InChI=1S/C24H22ClN3O5/c1-32-18-10-6-16(7-11-18)8-13-22(29)27-20-5-3-2-4-19(20)24(31)33-15-23(30)28-21-12-9-17(25)14-26-21/h2-7,9-12,14H,8,13,15H2,1H3,(H,27,29)(H,26,28,30). The van der Waals surface area contributed by atoms with Crippen LogP contribution in [0.5, 0.6) is 5.75 Å². The maximum absolute atomic E-state index is 12.5. The van der Waals surface area contributed by atoms with Gasteiger partial charge in [-0.1, -0.05) is 35.9 Å². The van der Waals surface area contributed by atoms with Gasteiger partial charge in [-0.05, 0) is 48.4 Å². The number of amides is 2. The summed E-state index contributed by atoms with van der Waals surface area (Å²) in [6, 6.07) is 17.0. The molecule has 1 heterocycles. The van der Waals surface area contributed by atoms with Crippen LogP contribution in [0.25, 0.3) is 0 Å². The molecule has 0 saturated carbocycles. The van der Waals surface area contributed by atoms with Crippen LogP contribution in [0.1, 0.15) is 22.3 Å². The topological polar surface area (TPSA) is 107 Å². The Labute approximate surface area is 195 Å². The number of ether oxygens (including phenoxy) is 2. The van der Waals surface area contributed by atoms with Crippen molar-refractivity contribution in [3.8, 4) is 5.75 Å². The molecule has 2 amide bonds.